The molecule has 5 nitrogen and oxygen atoms in total. The Morgan fingerprint density at radius 2 is 2.19 bits per heavy atom. The van der Waals surface area contributed by atoms with Crippen molar-refractivity contribution in [2.75, 3.05) is 6.61 Å². The summed E-state index contributed by atoms with van der Waals surface area (Å²) in [6, 6.07) is 6.50. The summed E-state index contributed by atoms with van der Waals surface area (Å²) in [6.07, 6.45) is 0.132. The van der Waals surface area contributed by atoms with Crippen molar-refractivity contribution in [3.63, 3.8) is 0 Å². The monoisotopic (exact) mass is 224 g/mol. The van der Waals surface area contributed by atoms with E-state index in [2.05, 4.69) is 4.65 Å². The second-order valence-electron chi connectivity index (χ2n) is 3.07. The molecule has 86 valence electrons. The third-order valence-electron chi connectivity index (χ3n) is 1.79. The van der Waals surface area contributed by atoms with Crippen LogP contribution in [0.15, 0.2) is 24.3 Å². The summed E-state index contributed by atoms with van der Waals surface area (Å²) in [5.74, 6) is -0.0407. The first-order chi connectivity index (χ1) is 7.61. The summed E-state index contributed by atoms with van der Waals surface area (Å²) in [6.45, 7) is 2.07. The molecule has 2 N–H and O–H groups in total. The Labute approximate surface area is 93.8 Å². The molecule has 0 radical (unpaired) electrons. The van der Waals surface area contributed by atoms with Gasteiger partial charge >= 0.3 is 13.3 Å². The third-order valence-corrected chi connectivity index (χ3v) is 1.79. The van der Waals surface area contributed by atoms with Crippen LogP contribution in [-0.4, -0.2) is 29.9 Å². The van der Waals surface area contributed by atoms with E-state index in [9.17, 15) is 4.79 Å². The topological polar surface area (TPSA) is 76.0 Å². The molecule has 1 aromatic carbocycles. The number of benzene rings is 1. The van der Waals surface area contributed by atoms with Crippen molar-refractivity contribution >= 4 is 13.3 Å². The molecule has 0 aliphatic carbocycles. The predicted octanol–water partition coefficient (Wildman–Crippen LogP) is 0.141. The molecule has 0 aromatic heterocycles. The Bertz CT molecular complexity index is 353. The third kappa shape index (κ3) is 4.33. The minimum Gasteiger partial charge on any atom is -0.512 e. The molecule has 0 aliphatic heterocycles. The molecule has 0 unspecified atom stereocenters. The second-order valence-corrected chi connectivity index (χ2v) is 3.07. The largest absolute Gasteiger partial charge is 0.707 e. The maximum absolute atomic E-state index is 11.2. The molecular weight excluding hydrogens is 211 g/mol. The molecule has 0 amide bonds. The molecule has 0 saturated heterocycles. The quantitative estimate of drug-likeness (QED) is 0.549. The van der Waals surface area contributed by atoms with E-state index in [4.69, 9.17) is 14.8 Å². The van der Waals surface area contributed by atoms with Gasteiger partial charge in [0.25, 0.3) is 0 Å². The number of carbonyl (C=O) groups excluding carboxylic acids is 1. The van der Waals surface area contributed by atoms with Crippen LogP contribution in [0.1, 0.15) is 12.5 Å². The van der Waals surface area contributed by atoms with E-state index in [1.165, 1.54) is 0 Å². The molecule has 0 saturated carbocycles. The van der Waals surface area contributed by atoms with Crippen molar-refractivity contribution in [2.24, 2.45) is 0 Å². The molecule has 0 atom stereocenters. The van der Waals surface area contributed by atoms with Crippen LogP contribution < -0.4 is 4.65 Å². The first-order valence-electron chi connectivity index (χ1n) is 4.89. The van der Waals surface area contributed by atoms with Gasteiger partial charge in [0.1, 0.15) is 5.75 Å². The molecule has 1 aromatic rings. The maximum Gasteiger partial charge on any atom is 0.707 e. The molecule has 6 heteroatoms. The Balaban J connectivity index is 2.63. The Morgan fingerprint density at radius 1 is 1.44 bits per heavy atom. The summed E-state index contributed by atoms with van der Waals surface area (Å²) < 4.78 is 9.44. The Hall–Kier alpha value is -1.53. The van der Waals surface area contributed by atoms with Crippen molar-refractivity contribution in [1.29, 1.82) is 0 Å². The number of esters is 1. The second kappa shape index (κ2) is 6.14. The van der Waals surface area contributed by atoms with Gasteiger partial charge < -0.3 is 19.4 Å². The van der Waals surface area contributed by atoms with E-state index < -0.39 is 7.32 Å². The molecule has 0 heterocycles. The average molecular weight is 224 g/mol. The number of carbonyl (C=O) groups is 1. The molecule has 0 aliphatic rings. The van der Waals surface area contributed by atoms with Gasteiger partial charge in [-0.15, -0.1) is 0 Å². The van der Waals surface area contributed by atoms with Crippen molar-refractivity contribution < 1.29 is 24.2 Å². The van der Waals surface area contributed by atoms with Gasteiger partial charge in [0.15, 0.2) is 0 Å². The zero-order valence-electron chi connectivity index (χ0n) is 8.92. The molecule has 0 spiro atoms. The highest BCUT2D eigenvalue weighted by atomic mass is 16.6. The van der Waals surface area contributed by atoms with Crippen LogP contribution in [0.25, 0.3) is 0 Å². The van der Waals surface area contributed by atoms with Gasteiger partial charge in [0.2, 0.25) is 0 Å². The van der Waals surface area contributed by atoms with E-state index in [0.29, 0.717) is 12.2 Å². The molecule has 1 rings (SSSR count). The van der Waals surface area contributed by atoms with Crippen LogP contribution in [0.3, 0.4) is 0 Å². The number of hydrogen-bond acceptors (Lipinski definition) is 5. The van der Waals surface area contributed by atoms with Crippen LogP contribution in [0.4, 0.5) is 0 Å². The minimum absolute atomic E-state index is 0.132. The highest BCUT2D eigenvalue weighted by molar-refractivity contribution is 6.33. The fourth-order valence-corrected chi connectivity index (χ4v) is 1.23. The van der Waals surface area contributed by atoms with Crippen LogP contribution in [0.2, 0.25) is 0 Å². The fourth-order valence-electron chi connectivity index (χ4n) is 1.23. The summed E-state index contributed by atoms with van der Waals surface area (Å²) in [5.41, 5.74) is 0.691. The van der Waals surface area contributed by atoms with E-state index in [0.717, 1.165) is 0 Å². The maximum atomic E-state index is 11.2. The highest BCUT2D eigenvalue weighted by Gasteiger charge is 2.12. The number of rotatable bonds is 5. The predicted molar refractivity (Wildman–Crippen MR) is 57.6 cm³/mol. The van der Waals surface area contributed by atoms with Crippen LogP contribution in [-0.2, 0) is 16.0 Å². The lowest BCUT2D eigenvalue weighted by molar-refractivity contribution is -0.142. The van der Waals surface area contributed by atoms with Gasteiger partial charge in [-0.2, -0.15) is 0 Å². The first kappa shape index (κ1) is 12.5. The van der Waals surface area contributed by atoms with E-state index in [-0.39, 0.29) is 18.1 Å². The van der Waals surface area contributed by atoms with Gasteiger partial charge in [-0.1, -0.05) is 12.1 Å². The minimum atomic E-state index is -1.86. The average Bonchev–Trinajstić information content (AvgIpc) is 2.17. The van der Waals surface area contributed by atoms with Crippen molar-refractivity contribution in [3.8, 4) is 5.75 Å². The number of ether oxygens (including phenoxy) is 1. The molecule has 0 bridgehead atoms. The summed E-state index contributed by atoms with van der Waals surface area (Å²) in [4.78, 5) is 11.2. The molecule has 0 fully saturated rings. The van der Waals surface area contributed by atoms with Crippen LogP contribution in [0.5, 0.6) is 5.75 Å². The summed E-state index contributed by atoms with van der Waals surface area (Å²) >= 11 is 0. The van der Waals surface area contributed by atoms with Gasteiger partial charge in [0.05, 0.1) is 13.0 Å². The number of hydrogen-bond donors (Lipinski definition) is 2. The highest BCUT2D eigenvalue weighted by Crippen LogP contribution is 2.14. The van der Waals surface area contributed by atoms with Crippen molar-refractivity contribution in [3.05, 3.63) is 29.8 Å². The lowest BCUT2D eigenvalue weighted by atomic mass is 10.1. The van der Waals surface area contributed by atoms with Gasteiger partial charge in [-0.3, -0.25) is 4.79 Å². The smallest absolute Gasteiger partial charge is 0.512 e. The fraction of sp³-hybridized carbons (Fsp3) is 0.300. The van der Waals surface area contributed by atoms with Crippen LogP contribution in [0, 0.1) is 0 Å². The zero-order chi connectivity index (χ0) is 12.0. The lowest BCUT2D eigenvalue weighted by Crippen LogP contribution is -2.20. The summed E-state index contributed by atoms with van der Waals surface area (Å²) in [7, 11) is -1.86. The van der Waals surface area contributed by atoms with Gasteiger partial charge in [-0.05, 0) is 24.6 Å². The first-order valence-corrected chi connectivity index (χ1v) is 4.89. The van der Waals surface area contributed by atoms with E-state index >= 15 is 0 Å². The van der Waals surface area contributed by atoms with Crippen LogP contribution >= 0.6 is 0 Å². The van der Waals surface area contributed by atoms with E-state index in [1.54, 1.807) is 31.2 Å². The van der Waals surface area contributed by atoms with Gasteiger partial charge in [0, 0.05) is 0 Å². The Kier molecular flexibility index (Phi) is 4.82. The summed E-state index contributed by atoms with van der Waals surface area (Å²) in [5, 5.41) is 17.2. The molecule has 16 heavy (non-hydrogen) atoms. The standard InChI is InChI=1S/C10H13BO5/c1-2-15-10(12)7-8-4-3-5-9(6-8)16-11(13)14/h3-6,13-14H,2,7H2,1H3. The van der Waals surface area contributed by atoms with Gasteiger partial charge in [-0.25, -0.2) is 0 Å². The van der Waals surface area contributed by atoms with Crippen molar-refractivity contribution in [2.45, 2.75) is 13.3 Å². The van der Waals surface area contributed by atoms with E-state index in [1.807, 2.05) is 0 Å². The Morgan fingerprint density at radius 3 is 2.81 bits per heavy atom. The zero-order valence-corrected chi connectivity index (χ0v) is 8.92. The lowest BCUT2D eigenvalue weighted by Gasteiger charge is -2.06. The SMILES string of the molecule is CCOC(=O)Cc1cccc(OB(O)O)c1. The molecular formula is C10H13BO5. The van der Waals surface area contributed by atoms with Crippen molar-refractivity contribution in [1.82, 2.24) is 0 Å². The normalized spacial score (nSPS) is 9.69.